The number of likely N-dealkylation sites (tertiary alicyclic amines) is 1. The number of anilines is 1. The molecule has 4 nitrogen and oxygen atoms in total. The highest BCUT2D eigenvalue weighted by Crippen LogP contribution is 2.24. The Morgan fingerprint density at radius 1 is 1.45 bits per heavy atom. The summed E-state index contributed by atoms with van der Waals surface area (Å²) in [7, 11) is 0. The lowest BCUT2D eigenvalue weighted by molar-refractivity contribution is -0.121. The molecule has 112 valence electrons. The summed E-state index contributed by atoms with van der Waals surface area (Å²) in [5.41, 5.74) is 6.58. The molecule has 20 heavy (non-hydrogen) atoms. The third-order valence-electron chi connectivity index (χ3n) is 3.96. The summed E-state index contributed by atoms with van der Waals surface area (Å²) < 4.78 is 0. The van der Waals surface area contributed by atoms with E-state index in [-0.39, 0.29) is 24.4 Å². The number of benzene rings is 1. The van der Waals surface area contributed by atoms with Crippen molar-refractivity contribution >= 4 is 24.0 Å². The Labute approximate surface area is 127 Å². The standard InChI is InChI=1S/C15H23N3O.ClH/c1-11-8-13(9-16)10-18(11)12(2)15(19)17-14-6-4-3-5-7-14;/h3-7,11-13H,8-10,16H2,1-2H3,(H,17,19);1H. The Balaban J connectivity index is 0.00000200. The minimum absolute atomic E-state index is 0. The number of rotatable bonds is 4. The fourth-order valence-electron chi connectivity index (χ4n) is 2.80. The second-order valence-electron chi connectivity index (χ2n) is 5.41. The van der Waals surface area contributed by atoms with Gasteiger partial charge in [0.25, 0.3) is 0 Å². The first-order valence-corrected chi connectivity index (χ1v) is 6.93. The summed E-state index contributed by atoms with van der Waals surface area (Å²) in [5.74, 6) is 0.567. The number of hydrogen-bond acceptors (Lipinski definition) is 3. The Morgan fingerprint density at radius 3 is 2.65 bits per heavy atom. The van der Waals surface area contributed by atoms with Crippen molar-refractivity contribution in [3.05, 3.63) is 30.3 Å². The smallest absolute Gasteiger partial charge is 0.241 e. The van der Waals surface area contributed by atoms with Gasteiger partial charge in [0.2, 0.25) is 5.91 Å². The van der Waals surface area contributed by atoms with Crippen LogP contribution in [0.1, 0.15) is 20.3 Å². The van der Waals surface area contributed by atoms with Crippen LogP contribution in [0, 0.1) is 5.92 Å². The van der Waals surface area contributed by atoms with E-state index in [0.29, 0.717) is 18.5 Å². The second-order valence-corrected chi connectivity index (χ2v) is 5.41. The van der Waals surface area contributed by atoms with Gasteiger partial charge in [0.15, 0.2) is 0 Å². The van der Waals surface area contributed by atoms with Crippen molar-refractivity contribution in [2.45, 2.75) is 32.4 Å². The van der Waals surface area contributed by atoms with Crippen molar-refractivity contribution in [1.29, 1.82) is 0 Å². The van der Waals surface area contributed by atoms with E-state index in [1.807, 2.05) is 37.3 Å². The van der Waals surface area contributed by atoms with Crippen LogP contribution in [0.3, 0.4) is 0 Å². The maximum Gasteiger partial charge on any atom is 0.241 e. The number of nitrogens with zero attached hydrogens (tertiary/aromatic N) is 1. The molecular weight excluding hydrogens is 274 g/mol. The van der Waals surface area contributed by atoms with Crippen LogP contribution in [0.25, 0.3) is 0 Å². The van der Waals surface area contributed by atoms with E-state index in [2.05, 4.69) is 17.1 Å². The molecule has 0 aromatic heterocycles. The molecule has 3 atom stereocenters. The van der Waals surface area contributed by atoms with E-state index in [0.717, 1.165) is 18.7 Å². The highest BCUT2D eigenvalue weighted by molar-refractivity contribution is 5.94. The van der Waals surface area contributed by atoms with Gasteiger partial charge in [-0.15, -0.1) is 12.4 Å². The van der Waals surface area contributed by atoms with Crippen molar-refractivity contribution in [3.8, 4) is 0 Å². The van der Waals surface area contributed by atoms with Crippen molar-refractivity contribution in [2.24, 2.45) is 11.7 Å². The molecule has 5 heteroatoms. The number of para-hydroxylation sites is 1. The van der Waals surface area contributed by atoms with Gasteiger partial charge < -0.3 is 11.1 Å². The van der Waals surface area contributed by atoms with E-state index in [9.17, 15) is 4.79 Å². The lowest BCUT2D eigenvalue weighted by Gasteiger charge is -2.27. The van der Waals surface area contributed by atoms with Gasteiger partial charge in [-0.2, -0.15) is 0 Å². The lowest BCUT2D eigenvalue weighted by atomic mass is 10.1. The van der Waals surface area contributed by atoms with Gasteiger partial charge >= 0.3 is 0 Å². The number of nitrogens with two attached hydrogens (primary N) is 1. The van der Waals surface area contributed by atoms with E-state index in [4.69, 9.17) is 5.73 Å². The van der Waals surface area contributed by atoms with Gasteiger partial charge in [-0.1, -0.05) is 18.2 Å². The van der Waals surface area contributed by atoms with Gasteiger partial charge in [-0.05, 0) is 44.9 Å². The number of amides is 1. The average Bonchev–Trinajstić information content (AvgIpc) is 2.80. The molecule has 1 aromatic rings. The highest BCUT2D eigenvalue weighted by atomic mass is 35.5. The summed E-state index contributed by atoms with van der Waals surface area (Å²) in [5, 5.41) is 2.96. The van der Waals surface area contributed by atoms with Crippen molar-refractivity contribution in [1.82, 2.24) is 4.90 Å². The summed E-state index contributed by atoms with van der Waals surface area (Å²) in [6.07, 6.45) is 1.08. The number of nitrogens with one attached hydrogen (secondary N) is 1. The monoisotopic (exact) mass is 297 g/mol. The number of carbonyl (C=O) groups is 1. The first kappa shape index (κ1) is 17.0. The number of halogens is 1. The van der Waals surface area contributed by atoms with Crippen LogP contribution in [0.2, 0.25) is 0 Å². The van der Waals surface area contributed by atoms with Gasteiger partial charge in [-0.3, -0.25) is 9.69 Å². The maximum atomic E-state index is 12.3. The van der Waals surface area contributed by atoms with Crippen molar-refractivity contribution < 1.29 is 4.79 Å². The molecule has 3 N–H and O–H groups in total. The molecule has 0 spiro atoms. The predicted octanol–water partition coefficient (Wildman–Crippen LogP) is 2.10. The third kappa shape index (κ3) is 3.95. The first-order valence-electron chi connectivity index (χ1n) is 6.93. The van der Waals surface area contributed by atoms with Gasteiger partial charge in [0, 0.05) is 18.3 Å². The van der Waals surface area contributed by atoms with Crippen LogP contribution in [0.5, 0.6) is 0 Å². The highest BCUT2D eigenvalue weighted by Gasteiger charge is 2.34. The third-order valence-corrected chi connectivity index (χ3v) is 3.96. The van der Waals surface area contributed by atoms with Crippen LogP contribution in [0.4, 0.5) is 5.69 Å². The SMILES string of the molecule is CC1CC(CN)CN1C(C)C(=O)Nc1ccccc1.Cl. The fourth-order valence-corrected chi connectivity index (χ4v) is 2.80. The Kier molecular flexibility index (Phi) is 6.46. The van der Waals surface area contributed by atoms with Crippen molar-refractivity contribution in [3.63, 3.8) is 0 Å². The summed E-state index contributed by atoms with van der Waals surface area (Å²) in [6, 6.07) is 9.89. The molecule has 0 aliphatic carbocycles. The van der Waals surface area contributed by atoms with Crippen LogP contribution in [0.15, 0.2) is 30.3 Å². The van der Waals surface area contributed by atoms with Crippen LogP contribution in [-0.4, -0.2) is 36.0 Å². The van der Waals surface area contributed by atoms with E-state index in [1.165, 1.54) is 0 Å². The van der Waals surface area contributed by atoms with Gasteiger partial charge in [0.05, 0.1) is 6.04 Å². The summed E-state index contributed by atoms with van der Waals surface area (Å²) in [6.45, 7) is 5.75. The summed E-state index contributed by atoms with van der Waals surface area (Å²) >= 11 is 0. The minimum atomic E-state index is -0.119. The topological polar surface area (TPSA) is 58.4 Å². The van der Waals surface area contributed by atoms with Crippen molar-refractivity contribution in [2.75, 3.05) is 18.4 Å². The molecule has 2 rings (SSSR count). The fraction of sp³-hybridized carbons (Fsp3) is 0.533. The minimum Gasteiger partial charge on any atom is -0.330 e. The largest absolute Gasteiger partial charge is 0.330 e. The zero-order valence-electron chi connectivity index (χ0n) is 12.1. The molecule has 1 amide bonds. The van der Waals surface area contributed by atoms with Crippen LogP contribution in [-0.2, 0) is 4.79 Å². The zero-order chi connectivity index (χ0) is 13.8. The lowest BCUT2D eigenvalue weighted by Crippen LogP contribution is -2.44. The molecule has 1 aliphatic heterocycles. The average molecular weight is 298 g/mol. The Morgan fingerprint density at radius 2 is 2.10 bits per heavy atom. The maximum absolute atomic E-state index is 12.3. The van der Waals surface area contributed by atoms with E-state index >= 15 is 0 Å². The molecule has 3 unspecified atom stereocenters. The molecule has 1 heterocycles. The van der Waals surface area contributed by atoms with Gasteiger partial charge in [0.1, 0.15) is 0 Å². The zero-order valence-corrected chi connectivity index (χ0v) is 12.9. The molecule has 0 saturated carbocycles. The molecular formula is C15H24ClN3O. The molecule has 1 saturated heterocycles. The Hall–Kier alpha value is -1.10. The number of hydrogen-bond donors (Lipinski definition) is 2. The molecule has 1 fully saturated rings. The van der Waals surface area contributed by atoms with Crippen LogP contribution >= 0.6 is 12.4 Å². The summed E-state index contributed by atoms with van der Waals surface area (Å²) in [4.78, 5) is 14.5. The first-order chi connectivity index (χ1) is 9.11. The number of carbonyl (C=O) groups excluding carboxylic acids is 1. The molecule has 1 aliphatic rings. The van der Waals surface area contributed by atoms with Crippen LogP contribution < -0.4 is 11.1 Å². The van der Waals surface area contributed by atoms with E-state index < -0.39 is 0 Å². The Bertz CT molecular complexity index is 426. The van der Waals surface area contributed by atoms with E-state index in [1.54, 1.807) is 0 Å². The molecule has 0 bridgehead atoms. The normalized spacial score (nSPS) is 23.9. The quantitative estimate of drug-likeness (QED) is 0.895. The predicted molar refractivity (Wildman–Crippen MR) is 85.1 cm³/mol. The molecule has 1 aromatic carbocycles. The van der Waals surface area contributed by atoms with Gasteiger partial charge in [-0.25, -0.2) is 0 Å². The molecule has 0 radical (unpaired) electrons. The second kappa shape index (κ2) is 7.62.